The van der Waals surface area contributed by atoms with Crippen LogP contribution in [0.25, 0.3) is 121 Å². The number of fused-ring (bicyclic) bond motifs is 12. The molecule has 0 saturated heterocycles. The zero-order valence-corrected chi connectivity index (χ0v) is 28.4. The lowest BCUT2D eigenvalue weighted by atomic mass is 9.84. The summed E-state index contributed by atoms with van der Waals surface area (Å²) >= 11 is 0. The number of benzene rings is 9. The molecule has 0 N–H and O–H groups in total. The predicted octanol–water partition coefficient (Wildman–Crippen LogP) is 14.7. The third-order valence-electron chi connectivity index (χ3n) is 11.1. The first kappa shape index (κ1) is 28.6. The fourth-order valence-corrected chi connectivity index (χ4v) is 8.75. The molecule has 0 aliphatic carbocycles. The van der Waals surface area contributed by atoms with Gasteiger partial charge in [0.05, 0.1) is 0 Å². The van der Waals surface area contributed by atoms with E-state index in [1.807, 2.05) is 42.5 Å². The van der Waals surface area contributed by atoms with Gasteiger partial charge in [-0.1, -0.05) is 133 Å². The molecule has 0 saturated carbocycles. The van der Waals surface area contributed by atoms with Crippen molar-refractivity contribution in [2.24, 2.45) is 0 Å². The van der Waals surface area contributed by atoms with Gasteiger partial charge in [0.1, 0.15) is 22.5 Å². The van der Waals surface area contributed by atoms with E-state index < -0.39 is 0 Å². The van der Waals surface area contributed by atoms with Crippen molar-refractivity contribution < 1.29 is 13.3 Å². The minimum Gasteiger partial charge on any atom is -0.456 e. The minimum absolute atomic E-state index is 0.761. The zero-order valence-electron chi connectivity index (χ0n) is 28.4. The van der Waals surface area contributed by atoms with Gasteiger partial charge < -0.3 is 13.3 Å². The summed E-state index contributed by atoms with van der Waals surface area (Å²) in [5.74, 6) is 0.815. The first-order chi connectivity index (χ1) is 26.3. The van der Waals surface area contributed by atoms with Crippen LogP contribution in [0.15, 0.2) is 183 Å². The number of para-hydroxylation sites is 2. The molecule has 0 unspecified atom stereocenters. The lowest BCUT2D eigenvalue weighted by Gasteiger charge is -2.18. The maximum Gasteiger partial charge on any atom is 0.178 e. The van der Waals surface area contributed by atoms with E-state index in [0.717, 1.165) is 71.7 Å². The summed E-state index contributed by atoms with van der Waals surface area (Å²) in [4.78, 5) is 0. The van der Waals surface area contributed by atoms with Gasteiger partial charge in [0.2, 0.25) is 0 Å². The Balaban J connectivity index is 1.18. The Bertz CT molecular complexity index is 3390. The Hall–Kier alpha value is -7.10. The summed E-state index contributed by atoms with van der Waals surface area (Å²) in [5, 5.41) is 12.6. The second-order valence-corrected chi connectivity index (χ2v) is 13.9. The van der Waals surface area contributed by atoms with Gasteiger partial charge in [-0.15, -0.1) is 0 Å². The first-order valence-electron chi connectivity index (χ1n) is 18.0. The molecule has 3 heterocycles. The maximum atomic E-state index is 6.77. The molecule has 3 nitrogen and oxygen atoms in total. The molecule has 12 rings (SSSR count). The Labute approximate surface area is 302 Å². The van der Waals surface area contributed by atoms with Crippen molar-refractivity contribution in [3.63, 3.8) is 0 Å². The van der Waals surface area contributed by atoms with E-state index in [4.69, 9.17) is 13.3 Å². The van der Waals surface area contributed by atoms with Crippen molar-refractivity contribution in [2.45, 2.75) is 0 Å². The summed E-state index contributed by atoms with van der Waals surface area (Å²) in [6.45, 7) is 0. The summed E-state index contributed by atoms with van der Waals surface area (Å²) in [7, 11) is 0. The van der Waals surface area contributed by atoms with E-state index in [0.29, 0.717) is 0 Å². The van der Waals surface area contributed by atoms with Crippen LogP contribution in [0.5, 0.6) is 0 Å². The maximum absolute atomic E-state index is 6.77. The van der Waals surface area contributed by atoms with Crippen LogP contribution < -0.4 is 0 Å². The van der Waals surface area contributed by atoms with Crippen LogP contribution in [0, 0.1) is 0 Å². The fourth-order valence-electron chi connectivity index (χ4n) is 8.75. The molecule has 9 aromatic carbocycles. The summed E-state index contributed by atoms with van der Waals surface area (Å²) in [6.07, 6.45) is 0. The second kappa shape index (κ2) is 10.7. The van der Waals surface area contributed by atoms with Gasteiger partial charge >= 0.3 is 0 Å². The average molecular weight is 677 g/mol. The molecule has 12 aromatic rings. The first-order valence-corrected chi connectivity index (χ1v) is 18.0. The molecule has 0 radical (unpaired) electrons. The SMILES string of the molecule is c1ccc(-c2cc3c(-c4c5ccccc5c(-c5ccc6c(ccc7oc8ccccc8c76)c5)c5ccccc45)cc4c5ccccc5oc4c3o2)cc1. The van der Waals surface area contributed by atoms with Gasteiger partial charge in [-0.05, 0) is 91.0 Å². The van der Waals surface area contributed by atoms with E-state index >= 15 is 0 Å². The van der Waals surface area contributed by atoms with Crippen molar-refractivity contribution in [3.05, 3.63) is 170 Å². The normalized spacial score (nSPS) is 12.2. The number of hydrogen-bond acceptors (Lipinski definition) is 3. The highest BCUT2D eigenvalue weighted by molar-refractivity contribution is 6.27. The Morgan fingerprint density at radius 1 is 0.302 bits per heavy atom. The zero-order chi connectivity index (χ0) is 34.6. The van der Waals surface area contributed by atoms with Crippen LogP contribution in [-0.2, 0) is 0 Å². The van der Waals surface area contributed by atoms with Gasteiger partial charge in [-0.3, -0.25) is 0 Å². The van der Waals surface area contributed by atoms with Gasteiger partial charge in [0.15, 0.2) is 11.2 Å². The molecule has 3 heteroatoms. The molecule has 0 aliphatic rings. The molecular formula is C50H28O3. The van der Waals surface area contributed by atoms with E-state index in [-0.39, 0.29) is 0 Å². The van der Waals surface area contributed by atoms with Crippen LogP contribution in [-0.4, -0.2) is 0 Å². The van der Waals surface area contributed by atoms with Gasteiger partial charge in [-0.2, -0.15) is 0 Å². The molecule has 0 atom stereocenters. The predicted molar refractivity (Wildman–Crippen MR) is 220 cm³/mol. The summed E-state index contributed by atoms with van der Waals surface area (Å²) in [5.41, 5.74) is 9.95. The fraction of sp³-hybridized carbons (Fsp3) is 0. The largest absolute Gasteiger partial charge is 0.456 e. The standard InChI is InChI=1S/C50H28O3/c1-2-12-29(13-3-1)45-28-41-39(27-40-33-14-8-10-20-42(33)52-49(40)50(41)53-45)47-36-17-6-4-15-34(36)46(35-16-5-7-18-37(35)47)31-22-24-32-30(26-31)23-25-44-48(32)38-19-9-11-21-43(38)51-44/h1-28H. The van der Waals surface area contributed by atoms with Gasteiger partial charge in [0, 0.05) is 32.5 Å². The molecule has 3 aromatic heterocycles. The molecule has 0 spiro atoms. The minimum atomic E-state index is 0.761. The lowest BCUT2D eigenvalue weighted by Crippen LogP contribution is -1.91. The van der Waals surface area contributed by atoms with Crippen LogP contribution in [0.3, 0.4) is 0 Å². The van der Waals surface area contributed by atoms with Crippen molar-refractivity contribution in [1.29, 1.82) is 0 Å². The lowest BCUT2D eigenvalue weighted by molar-refractivity contribution is 0.611. The average Bonchev–Trinajstić information content (AvgIpc) is 3.94. The smallest absolute Gasteiger partial charge is 0.178 e. The van der Waals surface area contributed by atoms with E-state index in [9.17, 15) is 0 Å². The Kier molecular flexibility index (Phi) is 5.77. The van der Waals surface area contributed by atoms with Crippen molar-refractivity contribution in [1.82, 2.24) is 0 Å². The molecular weight excluding hydrogens is 649 g/mol. The molecule has 53 heavy (non-hydrogen) atoms. The summed E-state index contributed by atoms with van der Waals surface area (Å²) < 4.78 is 19.5. The molecule has 0 amide bonds. The van der Waals surface area contributed by atoms with E-state index in [1.54, 1.807) is 0 Å². The molecule has 0 aliphatic heterocycles. The molecule has 246 valence electrons. The van der Waals surface area contributed by atoms with Gasteiger partial charge in [-0.25, -0.2) is 0 Å². The van der Waals surface area contributed by atoms with Crippen molar-refractivity contribution in [3.8, 4) is 33.6 Å². The third kappa shape index (κ3) is 4.05. The van der Waals surface area contributed by atoms with E-state index in [2.05, 4.69) is 127 Å². The third-order valence-corrected chi connectivity index (χ3v) is 11.1. The highest BCUT2D eigenvalue weighted by Gasteiger charge is 2.24. The van der Waals surface area contributed by atoms with Crippen molar-refractivity contribution in [2.75, 3.05) is 0 Å². The number of furan rings is 3. The number of rotatable bonds is 3. The Morgan fingerprint density at radius 3 is 1.64 bits per heavy atom. The molecule has 0 bridgehead atoms. The highest BCUT2D eigenvalue weighted by atomic mass is 16.4. The topological polar surface area (TPSA) is 39.4 Å². The second-order valence-electron chi connectivity index (χ2n) is 13.9. The quantitative estimate of drug-likeness (QED) is 0.175. The van der Waals surface area contributed by atoms with Crippen LogP contribution in [0.4, 0.5) is 0 Å². The summed E-state index contributed by atoms with van der Waals surface area (Å²) in [6, 6.07) is 60.3. The van der Waals surface area contributed by atoms with Gasteiger partial charge in [0.25, 0.3) is 0 Å². The Morgan fingerprint density at radius 2 is 0.906 bits per heavy atom. The van der Waals surface area contributed by atoms with Crippen LogP contribution >= 0.6 is 0 Å². The highest BCUT2D eigenvalue weighted by Crippen LogP contribution is 2.49. The monoisotopic (exact) mass is 676 g/mol. The van der Waals surface area contributed by atoms with Crippen LogP contribution in [0.1, 0.15) is 0 Å². The van der Waals surface area contributed by atoms with Crippen molar-refractivity contribution >= 4 is 87.2 Å². The van der Waals surface area contributed by atoms with E-state index in [1.165, 1.54) is 49.0 Å². The van der Waals surface area contributed by atoms with Crippen LogP contribution in [0.2, 0.25) is 0 Å². The molecule has 0 fully saturated rings. The number of hydrogen-bond donors (Lipinski definition) is 0.